The number of amidine groups is 1. The minimum Gasteiger partial charge on any atom is -0.507 e. The van der Waals surface area contributed by atoms with Crippen molar-refractivity contribution in [3.05, 3.63) is 77.6 Å². The van der Waals surface area contributed by atoms with E-state index in [0.29, 0.717) is 28.2 Å². The monoisotopic (exact) mass is 475 g/mol. The molecule has 0 unspecified atom stereocenters. The van der Waals surface area contributed by atoms with Gasteiger partial charge < -0.3 is 31.1 Å². The Labute approximate surface area is 196 Å². The van der Waals surface area contributed by atoms with E-state index in [4.69, 9.17) is 16.2 Å². The van der Waals surface area contributed by atoms with Crippen LogP contribution in [0, 0.1) is 11.2 Å². The number of nitrogens with two attached hydrogens (primary N) is 1. The molecule has 176 valence electrons. The van der Waals surface area contributed by atoms with Crippen molar-refractivity contribution in [1.29, 1.82) is 5.41 Å². The molecule has 9 nitrogen and oxygen atoms in total. The topological polar surface area (TPSA) is 181 Å². The van der Waals surface area contributed by atoms with Crippen molar-refractivity contribution in [3.63, 3.8) is 0 Å². The molecule has 3 aromatic carbocycles. The van der Waals surface area contributed by atoms with Crippen molar-refractivity contribution in [2.24, 2.45) is 5.73 Å². The Morgan fingerprint density at radius 1 is 0.914 bits per heavy atom. The fourth-order valence-corrected chi connectivity index (χ4v) is 3.76. The number of hydrogen-bond acceptors (Lipinski definition) is 5. The van der Waals surface area contributed by atoms with Crippen LogP contribution in [0.15, 0.2) is 60.7 Å². The molecule has 4 aromatic rings. The lowest BCUT2D eigenvalue weighted by Gasteiger charge is -2.14. The van der Waals surface area contributed by atoms with Crippen molar-refractivity contribution < 1.29 is 34.4 Å². The van der Waals surface area contributed by atoms with Crippen LogP contribution in [-0.2, 0) is 9.59 Å². The molecule has 0 saturated heterocycles. The number of benzene rings is 3. The summed E-state index contributed by atoms with van der Waals surface area (Å²) in [6.45, 7) is 0. The highest BCUT2D eigenvalue weighted by atomic mass is 19.1. The molecule has 8 N–H and O–H groups in total. The molecule has 0 aliphatic heterocycles. The van der Waals surface area contributed by atoms with Gasteiger partial charge in [0, 0.05) is 39.2 Å². The van der Waals surface area contributed by atoms with Gasteiger partial charge in [0.25, 0.3) is 0 Å². The number of H-pyrrole nitrogens is 1. The molecule has 1 aromatic heterocycles. The first-order valence-corrected chi connectivity index (χ1v) is 10.1. The van der Waals surface area contributed by atoms with Crippen LogP contribution < -0.4 is 5.73 Å². The molecule has 0 spiro atoms. The SMILES string of the molecule is N=C(N)c1ccc2[nH]c(-c3cc(C(=CC(=O)O)C(=O)O)cc(-c4cc(F)ccc4O)c3O)cc2c1. The Morgan fingerprint density at radius 2 is 1.63 bits per heavy atom. The molecule has 0 radical (unpaired) electrons. The Balaban J connectivity index is 2.04. The van der Waals surface area contributed by atoms with Gasteiger partial charge in [-0.2, -0.15) is 0 Å². The predicted octanol–water partition coefficient (Wildman–Crippen LogP) is 3.89. The van der Waals surface area contributed by atoms with E-state index in [9.17, 15) is 29.3 Å². The quantitative estimate of drug-likeness (QED) is 0.125. The first kappa shape index (κ1) is 23.1. The maximum atomic E-state index is 14.0. The molecular formula is C25H18FN3O6. The van der Waals surface area contributed by atoms with Gasteiger partial charge in [0.1, 0.15) is 23.2 Å². The van der Waals surface area contributed by atoms with Gasteiger partial charge in [0.15, 0.2) is 0 Å². The fraction of sp³-hybridized carbons (Fsp3) is 0. The van der Waals surface area contributed by atoms with Crippen LogP contribution in [0.5, 0.6) is 11.5 Å². The number of fused-ring (bicyclic) bond motifs is 1. The van der Waals surface area contributed by atoms with Crippen molar-refractivity contribution >= 4 is 34.3 Å². The predicted molar refractivity (Wildman–Crippen MR) is 127 cm³/mol. The average Bonchev–Trinajstić information content (AvgIpc) is 3.22. The van der Waals surface area contributed by atoms with Crippen molar-refractivity contribution in [2.75, 3.05) is 0 Å². The molecule has 0 saturated carbocycles. The third-order valence-electron chi connectivity index (χ3n) is 5.39. The van der Waals surface area contributed by atoms with Gasteiger partial charge in [-0.3, -0.25) is 5.41 Å². The molecule has 0 aliphatic carbocycles. The molecule has 4 rings (SSSR count). The number of halogens is 1. The van der Waals surface area contributed by atoms with E-state index in [-0.39, 0.29) is 33.8 Å². The van der Waals surface area contributed by atoms with Crippen molar-refractivity contribution in [1.82, 2.24) is 4.98 Å². The molecule has 1 heterocycles. The highest BCUT2D eigenvalue weighted by Gasteiger charge is 2.22. The van der Waals surface area contributed by atoms with Crippen LogP contribution >= 0.6 is 0 Å². The number of nitrogen functional groups attached to an aromatic ring is 1. The van der Waals surface area contributed by atoms with Gasteiger partial charge in [0.2, 0.25) is 0 Å². The summed E-state index contributed by atoms with van der Waals surface area (Å²) < 4.78 is 14.0. The van der Waals surface area contributed by atoms with Crippen LogP contribution in [0.3, 0.4) is 0 Å². The lowest BCUT2D eigenvalue weighted by atomic mass is 9.93. The molecule has 0 bridgehead atoms. The van der Waals surface area contributed by atoms with E-state index in [1.54, 1.807) is 24.3 Å². The second-order valence-electron chi connectivity index (χ2n) is 7.68. The number of aromatic amines is 1. The number of carbonyl (C=O) groups is 2. The van der Waals surface area contributed by atoms with Crippen molar-refractivity contribution in [3.8, 4) is 33.9 Å². The summed E-state index contributed by atoms with van der Waals surface area (Å²) in [6.07, 6.45) is 0.498. The number of aliphatic carboxylic acids is 2. The number of phenols is 2. The molecule has 0 fully saturated rings. The summed E-state index contributed by atoms with van der Waals surface area (Å²) in [5.74, 6) is -4.70. The summed E-state index contributed by atoms with van der Waals surface area (Å²) in [5.41, 5.74) is 6.08. The van der Waals surface area contributed by atoms with Crippen molar-refractivity contribution in [2.45, 2.75) is 0 Å². The lowest BCUT2D eigenvalue weighted by Crippen LogP contribution is -2.10. The summed E-state index contributed by atoms with van der Waals surface area (Å²) >= 11 is 0. The number of aromatic hydroxyl groups is 2. The third-order valence-corrected chi connectivity index (χ3v) is 5.39. The average molecular weight is 475 g/mol. The van der Waals surface area contributed by atoms with Crippen LogP contribution in [0.4, 0.5) is 4.39 Å². The molecule has 0 amide bonds. The van der Waals surface area contributed by atoms with Crippen LogP contribution in [0.1, 0.15) is 11.1 Å². The standard InChI is InChI=1S/C25H18FN3O6/c26-14-2-4-21(30)16(9-14)17-6-12(15(25(34)35)10-22(31)32)7-18(23(17)33)20-8-13-5-11(24(27)28)1-3-19(13)29-20/h1-10,29-30,33H,(H3,27,28)(H,31,32)(H,34,35). The molecule has 35 heavy (non-hydrogen) atoms. The molecule has 0 aliphatic rings. The molecular weight excluding hydrogens is 457 g/mol. The van der Waals surface area contributed by atoms with E-state index >= 15 is 0 Å². The second kappa shape index (κ2) is 8.67. The number of carboxylic acids is 2. The second-order valence-corrected chi connectivity index (χ2v) is 7.68. The first-order valence-electron chi connectivity index (χ1n) is 10.1. The number of hydrogen-bond donors (Lipinski definition) is 7. The van der Waals surface area contributed by atoms with Gasteiger partial charge in [-0.15, -0.1) is 0 Å². The Morgan fingerprint density at radius 3 is 2.29 bits per heavy atom. The molecule has 10 heteroatoms. The number of rotatable bonds is 6. The van der Waals surface area contributed by atoms with Gasteiger partial charge >= 0.3 is 11.9 Å². The normalized spacial score (nSPS) is 11.5. The zero-order chi connectivity index (χ0) is 25.4. The van der Waals surface area contributed by atoms with Crippen LogP contribution in [0.25, 0.3) is 38.9 Å². The largest absolute Gasteiger partial charge is 0.507 e. The summed E-state index contributed by atoms with van der Waals surface area (Å²) in [4.78, 5) is 26.2. The Bertz CT molecular complexity index is 1570. The van der Waals surface area contributed by atoms with Crippen LogP contribution in [-0.4, -0.2) is 43.2 Å². The van der Waals surface area contributed by atoms with E-state index in [1.165, 1.54) is 6.07 Å². The highest BCUT2D eigenvalue weighted by molar-refractivity contribution is 6.20. The van der Waals surface area contributed by atoms with Gasteiger partial charge in [-0.05, 0) is 60.2 Å². The van der Waals surface area contributed by atoms with Gasteiger partial charge in [-0.25, -0.2) is 14.0 Å². The molecule has 0 atom stereocenters. The maximum absolute atomic E-state index is 14.0. The summed E-state index contributed by atoms with van der Waals surface area (Å²) in [5, 5.41) is 48.4. The van der Waals surface area contributed by atoms with Crippen LogP contribution in [0.2, 0.25) is 0 Å². The van der Waals surface area contributed by atoms with Gasteiger partial charge in [0.05, 0.1) is 11.3 Å². The zero-order valence-corrected chi connectivity index (χ0v) is 17.8. The number of aromatic nitrogens is 1. The van der Waals surface area contributed by atoms with E-state index in [1.807, 2.05) is 0 Å². The third kappa shape index (κ3) is 4.40. The summed E-state index contributed by atoms with van der Waals surface area (Å²) in [6, 6.07) is 12.0. The van der Waals surface area contributed by atoms with E-state index in [2.05, 4.69) is 4.98 Å². The minimum atomic E-state index is -1.54. The maximum Gasteiger partial charge on any atom is 0.336 e. The Kier molecular flexibility index (Phi) is 5.71. The zero-order valence-electron chi connectivity index (χ0n) is 17.8. The minimum absolute atomic E-state index is 0.0688. The first-order chi connectivity index (χ1) is 16.5. The smallest absolute Gasteiger partial charge is 0.336 e. The number of carboxylic acid groups (broad SMARTS) is 2. The fourth-order valence-electron chi connectivity index (χ4n) is 3.76. The summed E-state index contributed by atoms with van der Waals surface area (Å²) in [7, 11) is 0. The Hall–Kier alpha value is -5.12. The van der Waals surface area contributed by atoms with Gasteiger partial charge in [-0.1, -0.05) is 0 Å². The number of phenolic OH excluding ortho intramolecular Hbond substituents is 2. The lowest BCUT2D eigenvalue weighted by molar-refractivity contribution is -0.133. The number of nitrogens with one attached hydrogen (secondary N) is 2. The van der Waals surface area contributed by atoms with E-state index < -0.39 is 29.1 Å². The highest BCUT2D eigenvalue weighted by Crippen LogP contribution is 2.44. The van der Waals surface area contributed by atoms with E-state index in [0.717, 1.165) is 24.3 Å².